The molecule has 0 aromatic carbocycles. The number of aromatic nitrogens is 2. The highest BCUT2D eigenvalue weighted by atomic mass is 15.1. The molecule has 4 heteroatoms. The molecule has 2 unspecified atom stereocenters. The number of rotatable bonds is 2. The maximum absolute atomic E-state index is 6.10. The van der Waals surface area contributed by atoms with Crippen molar-refractivity contribution in [2.75, 3.05) is 5.32 Å². The van der Waals surface area contributed by atoms with Gasteiger partial charge in [0.1, 0.15) is 11.6 Å². The second-order valence-corrected chi connectivity index (χ2v) is 4.64. The molecule has 0 radical (unpaired) electrons. The van der Waals surface area contributed by atoms with Gasteiger partial charge in [-0.3, -0.25) is 0 Å². The first-order valence-electron chi connectivity index (χ1n) is 5.99. The smallest absolute Gasteiger partial charge is 0.130 e. The standard InChI is InChI=1S/C12H20N4/c1-8-7-12(15-9(2)14-8)16-11-6-4-3-5-10(11)13/h7,10-11H,3-6,13H2,1-2H3,(H,14,15,16). The van der Waals surface area contributed by atoms with Gasteiger partial charge in [0.05, 0.1) is 0 Å². The fourth-order valence-corrected chi connectivity index (χ4v) is 2.32. The van der Waals surface area contributed by atoms with Gasteiger partial charge in [-0.25, -0.2) is 9.97 Å². The quantitative estimate of drug-likeness (QED) is 0.797. The Labute approximate surface area is 96.7 Å². The van der Waals surface area contributed by atoms with E-state index in [-0.39, 0.29) is 6.04 Å². The molecule has 1 aromatic rings. The van der Waals surface area contributed by atoms with E-state index in [4.69, 9.17) is 5.73 Å². The van der Waals surface area contributed by atoms with Crippen LogP contribution < -0.4 is 11.1 Å². The minimum Gasteiger partial charge on any atom is -0.366 e. The first kappa shape index (κ1) is 11.3. The summed E-state index contributed by atoms with van der Waals surface area (Å²) in [4.78, 5) is 8.65. The predicted molar refractivity (Wildman–Crippen MR) is 65.4 cm³/mol. The topological polar surface area (TPSA) is 63.8 Å². The molecule has 1 aliphatic rings. The van der Waals surface area contributed by atoms with Crippen LogP contribution in [-0.2, 0) is 0 Å². The van der Waals surface area contributed by atoms with E-state index in [1.165, 1.54) is 12.8 Å². The van der Waals surface area contributed by atoms with Gasteiger partial charge in [-0.2, -0.15) is 0 Å². The van der Waals surface area contributed by atoms with Crippen LogP contribution in [0, 0.1) is 13.8 Å². The van der Waals surface area contributed by atoms with Crippen molar-refractivity contribution in [1.29, 1.82) is 0 Å². The SMILES string of the molecule is Cc1cc(NC2CCCCC2N)nc(C)n1. The molecule has 0 bridgehead atoms. The van der Waals surface area contributed by atoms with Crippen LogP contribution in [0.15, 0.2) is 6.07 Å². The molecule has 1 saturated carbocycles. The van der Waals surface area contributed by atoms with E-state index in [2.05, 4.69) is 15.3 Å². The molecular weight excluding hydrogens is 200 g/mol. The van der Waals surface area contributed by atoms with E-state index in [1.807, 2.05) is 19.9 Å². The van der Waals surface area contributed by atoms with Crippen LogP contribution in [0.2, 0.25) is 0 Å². The Bertz CT molecular complexity index is 344. The normalized spacial score (nSPS) is 25.4. The largest absolute Gasteiger partial charge is 0.366 e. The number of hydrogen-bond acceptors (Lipinski definition) is 4. The molecule has 88 valence electrons. The molecule has 1 aromatic heterocycles. The molecule has 2 atom stereocenters. The number of aryl methyl sites for hydroxylation is 2. The van der Waals surface area contributed by atoms with Crippen molar-refractivity contribution in [3.05, 3.63) is 17.6 Å². The maximum Gasteiger partial charge on any atom is 0.130 e. The van der Waals surface area contributed by atoms with Crippen LogP contribution in [0.25, 0.3) is 0 Å². The zero-order chi connectivity index (χ0) is 11.5. The summed E-state index contributed by atoms with van der Waals surface area (Å²) in [5.74, 6) is 1.72. The summed E-state index contributed by atoms with van der Waals surface area (Å²) in [7, 11) is 0. The van der Waals surface area contributed by atoms with Gasteiger partial charge >= 0.3 is 0 Å². The molecule has 2 rings (SSSR count). The van der Waals surface area contributed by atoms with Gasteiger partial charge < -0.3 is 11.1 Å². The summed E-state index contributed by atoms with van der Waals surface area (Å²) in [6, 6.07) is 2.60. The molecule has 4 nitrogen and oxygen atoms in total. The Morgan fingerprint density at radius 2 is 2.00 bits per heavy atom. The van der Waals surface area contributed by atoms with Crippen LogP contribution in [0.1, 0.15) is 37.2 Å². The molecule has 0 amide bonds. The lowest BCUT2D eigenvalue weighted by molar-refractivity contribution is 0.403. The number of nitrogens with zero attached hydrogens (tertiary/aromatic N) is 2. The maximum atomic E-state index is 6.10. The van der Waals surface area contributed by atoms with Crippen LogP contribution in [0.4, 0.5) is 5.82 Å². The minimum atomic E-state index is 0.254. The first-order chi connectivity index (χ1) is 7.65. The predicted octanol–water partition coefficient (Wildman–Crippen LogP) is 1.78. The van der Waals surface area contributed by atoms with E-state index >= 15 is 0 Å². The number of nitrogens with two attached hydrogens (primary N) is 1. The minimum absolute atomic E-state index is 0.254. The Balaban J connectivity index is 2.07. The number of nitrogens with one attached hydrogen (secondary N) is 1. The van der Waals surface area contributed by atoms with Gasteiger partial charge in [0.25, 0.3) is 0 Å². The van der Waals surface area contributed by atoms with Crippen molar-refractivity contribution in [2.24, 2.45) is 5.73 Å². The second-order valence-electron chi connectivity index (χ2n) is 4.64. The molecule has 16 heavy (non-hydrogen) atoms. The van der Waals surface area contributed by atoms with E-state index in [9.17, 15) is 0 Å². The fourth-order valence-electron chi connectivity index (χ4n) is 2.32. The lowest BCUT2D eigenvalue weighted by Gasteiger charge is -2.29. The fraction of sp³-hybridized carbons (Fsp3) is 0.667. The van der Waals surface area contributed by atoms with Crippen molar-refractivity contribution in [1.82, 2.24) is 9.97 Å². The average molecular weight is 220 g/mol. The summed E-state index contributed by atoms with van der Waals surface area (Å²) in [6.07, 6.45) is 4.76. The highest BCUT2D eigenvalue weighted by Crippen LogP contribution is 2.20. The van der Waals surface area contributed by atoms with E-state index in [1.54, 1.807) is 0 Å². The van der Waals surface area contributed by atoms with Crippen LogP contribution in [0.3, 0.4) is 0 Å². The van der Waals surface area contributed by atoms with Crippen LogP contribution >= 0.6 is 0 Å². The van der Waals surface area contributed by atoms with Gasteiger partial charge in [-0.05, 0) is 26.7 Å². The Hall–Kier alpha value is -1.16. The average Bonchev–Trinajstić information content (AvgIpc) is 2.20. The lowest BCUT2D eigenvalue weighted by atomic mass is 9.91. The summed E-state index contributed by atoms with van der Waals surface area (Å²) in [5.41, 5.74) is 7.10. The zero-order valence-electron chi connectivity index (χ0n) is 10.0. The first-order valence-corrected chi connectivity index (χ1v) is 5.99. The zero-order valence-corrected chi connectivity index (χ0v) is 10.0. The third-order valence-corrected chi connectivity index (χ3v) is 3.12. The highest BCUT2D eigenvalue weighted by Gasteiger charge is 2.21. The summed E-state index contributed by atoms with van der Waals surface area (Å²) in [6.45, 7) is 3.90. The Morgan fingerprint density at radius 1 is 1.25 bits per heavy atom. The molecule has 0 aliphatic heterocycles. The molecule has 1 aliphatic carbocycles. The number of hydrogen-bond donors (Lipinski definition) is 2. The van der Waals surface area contributed by atoms with E-state index in [0.717, 1.165) is 30.2 Å². The Morgan fingerprint density at radius 3 is 2.69 bits per heavy atom. The van der Waals surface area contributed by atoms with Gasteiger partial charge in [-0.15, -0.1) is 0 Å². The molecule has 1 fully saturated rings. The third kappa shape index (κ3) is 2.70. The monoisotopic (exact) mass is 220 g/mol. The van der Waals surface area contributed by atoms with Gasteiger partial charge in [0.15, 0.2) is 0 Å². The van der Waals surface area contributed by atoms with Crippen molar-refractivity contribution < 1.29 is 0 Å². The Kier molecular flexibility index (Phi) is 3.39. The second kappa shape index (κ2) is 4.78. The van der Waals surface area contributed by atoms with Crippen LogP contribution in [-0.4, -0.2) is 22.1 Å². The molecule has 1 heterocycles. The highest BCUT2D eigenvalue weighted by molar-refractivity contribution is 5.37. The van der Waals surface area contributed by atoms with Crippen molar-refractivity contribution in [3.63, 3.8) is 0 Å². The lowest BCUT2D eigenvalue weighted by Crippen LogP contribution is -2.42. The number of anilines is 1. The van der Waals surface area contributed by atoms with Crippen molar-refractivity contribution in [3.8, 4) is 0 Å². The van der Waals surface area contributed by atoms with Crippen molar-refractivity contribution >= 4 is 5.82 Å². The molecular formula is C12H20N4. The van der Waals surface area contributed by atoms with E-state index in [0.29, 0.717) is 6.04 Å². The van der Waals surface area contributed by atoms with E-state index < -0.39 is 0 Å². The van der Waals surface area contributed by atoms with Crippen LogP contribution in [0.5, 0.6) is 0 Å². The van der Waals surface area contributed by atoms with Crippen molar-refractivity contribution in [2.45, 2.75) is 51.6 Å². The summed E-state index contributed by atoms with van der Waals surface area (Å²) < 4.78 is 0. The van der Waals surface area contributed by atoms with Gasteiger partial charge in [-0.1, -0.05) is 12.8 Å². The van der Waals surface area contributed by atoms with Gasteiger partial charge in [0, 0.05) is 23.8 Å². The molecule has 0 saturated heterocycles. The summed E-state index contributed by atoms with van der Waals surface area (Å²) in [5, 5.41) is 3.44. The summed E-state index contributed by atoms with van der Waals surface area (Å²) >= 11 is 0. The molecule has 3 N–H and O–H groups in total. The van der Waals surface area contributed by atoms with Gasteiger partial charge in [0.2, 0.25) is 0 Å². The third-order valence-electron chi connectivity index (χ3n) is 3.12. The molecule has 0 spiro atoms.